The van der Waals surface area contributed by atoms with Crippen LogP contribution in [0, 0.1) is 52.3 Å². The molecule has 1 N–H and O–H groups in total. The van der Waals surface area contributed by atoms with Crippen LogP contribution in [0.3, 0.4) is 0 Å². The lowest BCUT2D eigenvalue weighted by atomic mass is 9.48. The van der Waals surface area contributed by atoms with Crippen LogP contribution in [0.4, 0.5) is 0 Å². The minimum absolute atomic E-state index is 0.226. The van der Waals surface area contributed by atoms with Gasteiger partial charge in [-0.15, -0.1) is 0 Å². The van der Waals surface area contributed by atoms with Crippen molar-refractivity contribution in [3.05, 3.63) is 35.6 Å². The van der Waals surface area contributed by atoms with Gasteiger partial charge in [-0.1, -0.05) is 66.5 Å². The van der Waals surface area contributed by atoms with Crippen LogP contribution in [0.15, 0.2) is 35.6 Å². The highest BCUT2D eigenvalue weighted by Crippen LogP contribution is 2.66. The first-order chi connectivity index (χ1) is 13.7. The summed E-state index contributed by atoms with van der Waals surface area (Å²) in [5, 5.41) is 10.0. The molecule has 0 bridgehead atoms. The topological polar surface area (TPSA) is 20.2 Å². The molecule has 0 amide bonds. The van der Waals surface area contributed by atoms with Crippen molar-refractivity contribution in [2.75, 3.05) is 0 Å². The van der Waals surface area contributed by atoms with Crippen LogP contribution in [0.25, 0.3) is 0 Å². The van der Waals surface area contributed by atoms with Gasteiger partial charge in [0.05, 0.1) is 0 Å². The standard InChI is InChI=1S/C28H44O/c1-18(2)19(3)7-8-20(4)24-11-12-25-23-10-9-21-17-22(29)13-15-27(21,5)26(23)14-16-28(24,25)6/h9-10,13,17-20,23-26,29H,7-8,11-12,14-16H2,1-6H3/t19-,20+,23-,24+,25-,26-,27-,28+/m0/s1. The molecule has 0 heterocycles. The first-order valence-electron chi connectivity index (χ1n) is 12.5. The van der Waals surface area contributed by atoms with Crippen LogP contribution >= 0.6 is 0 Å². The molecule has 4 rings (SSSR count). The van der Waals surface area contributed by atoms with E-state index in [0.717, 1.165) is 47.8 Å². The maximum Gasteiger partial charge on any atom is 0.111 e. The fourth-order valence-corrected chi connectivity index (χ4v) is 7.88. The minimum Gasteiger partial charge on any atom is -0.508 e. The van der Waals surface area contributed by atoms with Crippen molar-refractivity contribution in [1.29, 1.82) is 0 Å². The van der Waals surface area contributed by atoms with E-state index < -0.39 is 0 Å². The monoisotopic (exact) mass is 396 g/mol. The zero-order valence-electron chi connectivity index (χ0n) is 19.7. The Hall–Kier alpha value is -0.980. The molecule has 0 aliphatic heterocycles. The molecular formula is C28H44O. The van der Waals surface area contributed by atoms with E-state index in [1.807, 2.05) is 6.08 Å². The molecule has 29 heavy (non-hydrogen) atoms. The van der Waals surface area contributed by atoms with E-state index in [9.17, 15) is 5.11 Å². The molecule has 2 saturated carbocycles. The van der Waals surface area contributed by atoms with E-state index in [2.05, 4.69) is 59.8 Å². The second-order valence-corrected chi connectivity index (χ2v) is 12.0. The Morgan fingerprint density at radius 3 is 2.52 bits per heavy atom. The lowest BCUT2D eigenvalue weighted by molar-refractivity contribution is -0.0230. The number of aliphatic hydroxyl groups excluding tert-OH is 1. The Labute approximate surface area is 179 Å². The summed E-state index contributed by atoms with van der Waals surface area (Å²) in [5.41, 5.74) is 2.12. The number of hydrogen-bond acceptors (Lipinski definition) is 1. The quantitative estimate of drug-likeness (QED) is 0.497. The summed E-state index contributed by atoms with van der Waals surface area (Å²) in [6.45, 7) is 14.9. The smallest absolute Gasteiger partial charge is 0.111 e. The SMILES string of the molecule is CC(C)[C@@H](C)CC[C@@H](C)[C@H]1CC[C@H]2[C@@H]3C=CC4=CC(O)=CC[C@]4(C)[C@H]3CC[C@]12C. The summed E-state index contributed by atoms with van der Waals surface area (Å²) in [7, 11) is 0. The maximum atomic E-state index is 10.0. The molecular weight excluding hydrogens is 352 g/mol. The minimum atomic E-state index is 0.226. The summed E-state index contributed by atoms with van der Waals surface area (Å²) < 4.78 is 0. The van der Waals surface area contributed by atoms with Crippen molar-refractivity contribution in [3.63, 3.8) is 0 Å². The highest BCUT2D eigenvalue weighted by Gasteiger charge is 2.58. The molecule has 0 aromatic heterocycles. The number of allylic oxidation sites excluding steroid dienone is 5. The first-order valence-corrected chi connectivity index (χ1v) is 12.5. The molecule has 0 aromatic carbocycles. The Morgan fingerprint density at radius 1 is 1.03 bits per heavy atom. The molecule has 0 radical (unpaired) electrons. The molecule has 1 nitrogen and oxygen atoms in total. The normalized spacial score (nSPS) is 43.1. The van der Waals surface area contributed by atoms with E-state index in [-0.39, 0.29) is 5.41 Å². The zero-order chi connectivity index (χ0) is 21.0. The van der Waals surface area contributed by atoms with Gasteiger partial charge >= 0.3 is 0 Å². The van der Waals surface area contributed by atoms with Crippen molar-refractivity contribution in [2.45, 2.75) is 86.5 Å². The Balaban J connectivity index is 1.52. The number of aliphatic hydroxyl groups is 1. The molecule has 0 saturated heterocycles. The highest BCUT2D eigenvalue weighted by molar-refractivity contribution is 5.41. The Bertz CT molecular complexity index is 712. The summed E-state index contributed by atoms with van der Waals surface area (Å²) in [5.74, 6) is 6.21. The summed E-state index contributed by atoms with van der Waals surface area (Å²) in [6.07, 6.45) is 18.4. The summed E-state index contributed by atoms with van der Waals surface area (Å²) in [6, 6.07) is 0. The average Bonchev–Trinajstić information content (AvgIpc) is 3.03. The van der Waals surface area contributed by atoms with Crippen molar-refractivity contribution in [3.8, 4) is 0 Å². The summed E-state index contributed by atoms with van der Waals surface area (Å²) in [4.78, 5) is 0. The number of hydrogen-bond donors (Lipinski definition) is 1. The van der Waals surface area contributed by atoms with E-state index in [4.69, 9.17) is 0 Å². The van der Waals surface area contributed by atoms with Gasteiger partial charge in [0.1, 0.15) is 5.76 Å². The van der Waals surface area contributed by atoms with Crippen molar-refractivity contribution < 1.29 is 5.11 Å². The second-order valence-electron chi connectivity index (χ2n) is 12.0. The molecule has 4 aliphatic rings. The Kier molecular flexibility index (Phi) is 5.58. The van der Waals surface area contributed by atoms with Gasteiger partial charge in [0.25, 0.3) is 0 Å². The van der Waals surface area contributed by atoms with Crippen LogP contribution in [-0.4, -0.2) is 5.11 Å². The lowest BCUT2D eigenvalue weighted by Crippen LogP contribution is -2.48. The first kappa shape index (κ1) is 21.3. The Morgan fingerprint density at radius 2 is 1.79 bits per heavy atom. The number of rotatable bonds is 5. The zero-order valence-corrected chi connectivity index (χ0v) is 19.7. The van der Waals surface area contributed by atoms with E-state index in [1.54, 1.807) is 0 Å². The second kappa shape index (κ2) is 7.61. The molecule has 8 atom stereocenters. The van der Waals surface area contributed by atoms with Crippen molar-refractivity contribution >= 4 is 0 Å². The molecule has 0 aromatic rings. The van der Waals surface area contributed by atoms with Gasteiger partial charge in [-0.2, -0.15) is 0 Å². The molecule has 1 heteroatoms. The van der Waals surface area contributed by atoms with Gasteiger partial charge < -0.3 is 5.11 Å². The van der Waals surface area contributed by atoms with Crippen LogP contribution < -0.4 is 0 Å². The van der Waals surface area contributed by atoms with Crippen molar-refractivity contribution in [1.82, 2.24) is 0 Å². The predicted octanol–water partition coefficient (Wildman–Crippen LogP) is 8.10. The van der Waals surface area contributed by atoms with E-state index in [1.165, 1.54) is 44.1 Å². The average molecular weight is 397 g/mol. The lowest BCUT2D eigenvalue weighted by Gasteiger charge is -2.56. The fraction of sp³-hybridized carbons (Fsp3) is 0.786. The van der Waals surface area contributed by atoms with Gasteiger partial charge in [-0.3, -0.25) is 0 Å². The molecule has 0 spiro atoms. The number of fused-ring (bicyclic) bond motifs is 5. The van der Waals surface area contributed by atoms with Gasteiger partial charge in [0, 0.05) is 0 Å². The van der Waals surface area contributed by atoms with Crippen molar-refractivity contribution in [2.24, 2.45) is 52.3 Å². The third-order valence-corrected chi connectivity index (χ3v) is 10.3. The third-order valence-electron chi connectivity index (χ3n) is 10.3. The molecule has 0 unspecified atom stereocenters. The van der Waals surface area contributed by atoms with Crippen LogP contribution in [-0.2, 0) is 0 Å². The fourth-order valence-electron chi connectivity index (χ4n) is 7.88. The molecule has 4 aliphatic carbocycles. The van der Waals surface area contributed by atoms with E-state index in [0.29, 0.717) is 11.2 Å². The third kappa shape index (κ3) is 3.45. The predicted molar refractivity (Wildman–Crippen MR) is 124 cm³/mol. The van der Waals surface area contributed by atoms with E-state index >= 15 is 0 Å². The molecule has 162 valence electrons. The largest absolute Gasteiger partial charge is 0.508 e. The van der Waals surface area contributed by atoms with Gasteiger partial charge in [0.15, 0.2) is 0 Å². The van der Waals surface area contributed by atoms with Gasteiger partial charge in [0.2, 0.25) is 0 Å². The van der Waals surface area contributed by atoms with Crippen LogP contribution in [0.5, 0.6) is 0 Å². The highest BCUT2D eigenvalue weighted by atomic mass is 16.3. The van der Waals surface area contributed by atoms with Crippen LogP contribution in [0.1, 0.15) is 86.5 Å². The summed E-state index contributed by atoms with van der Waals surface area (Å²) >= 11 is 0. The van der Waals surface area contributed by atoms with Gasteiger partial charge in [-0.25, -0.2) is 0 Å². The maximum absolute atomic E-state index is 10.0. The van der Waals surface area contributed by atoms with Gasteiger partial charge in [-0.05, 0) is 102 Å². The molecule has 2 fully saturated rings. The van der Waals surface area contributed by atoms with Crippen LogP contribution in [0.2, 0.25) is 0 Å².